The number of nitro benzene ring substituents is 1. The number of fused-ring (bicyclic) bond motifs is 1. The number of nitro groups is 1. The Morgan fingerprint density at radius 3 is 2.46 bits per heavy atom. The van der Waals surface area contributed by atoms with Gasteiger partial charge in [-0.1, -0.05) is 12.2 Å². The molecule has 24 heavy (non-hydrogen) atoms. The Bertz CT molecular complexity index is 756. The van der Waals surface area contributed by atoms with Crippen molar-refractivity contribution in [3.8, 4) is 0 Å². The lowest BCUT2D eigenvalue weighted by molar-refractivity contribution is -0.384. The molecule has 1 aromatic rings. The van der Waals surface area contributed by atoms with Gasteiger partial charge >= 0.3 is 0 Å². The molecular formula is C16H17N3O5. The zero-order valence-electron chi connectivity index (χ0n) is 13.4. The van der Waals surface area contributed by atoms with Gasteiger partial charge in [-0.05, 0) is 19.9 Å². The maximum Gasteiger partial charge on any atom is 0.270 e. The number of amides is 3. The van der Waals surface area contributed by atoms with Crippen molar-refractivity contribution in [3.05, 3.63) is 51.6 Å². The SMILES string of the molecule is C=C(C)CN(CC)C(=O)CN1C(=O)c2ccc([N+](=O)[O-])cc2C1=O. The summed E-state index contributed by atoms with van der Waals surface area (Å²) in [4.78, 5) is 49.4. The fourth-order valence-corrected chi connectivity index (χ4v) is 2.47. The Morgan fingerprint density at radius 1 is 1.29 bits per heavy atom. The average molecular weight is 331 g/mol. The minimum atomic E-state index is -0.696. The van der Waals surface area contributed by atoms with Crippen LogP contribution in [0.4, 0.5) is 5.69 Å². The Hall–Kier alpha value is -3.03. The molecule has 8 nitrogen and oxygen atoms in total. The fourth-order valence-electron chi connectivity index (χ4n) is 2.47. The summed E-state index contributed by atoms with van der Waals surface area (Å²) in [5.41, 5.74) is 0.523. The molecular weight excluding hydrogens is 314 g/mol. The number of hydrogen-bond acceptors (Lipinski definition) is 5. The van der Waals surface area contributed by atoms with E-state index < -0.39 is 23.3 Å². The average Bonchev–Trinajstić information content (AvgIpc) is 2.76. The number of benzene rings is 1. The van der Waals surface area contributed by atoms with Gasteiger partial charge in [-0.15, -0.1) is 0 Å². The number of likely N-dealkylation sites (N-methyl/N-ethyl adjacent to an activating group) is 1. The van der Waals surface area contributed by atoms with Crippen LogP contribution in [0.3, 0.4) is 0 Å². The minimum absolute atomic E-state index is 0.0510. The molecule has 126 valence electrons. The molecule has 1 aromatic carbocycles. The largest absolute Gasteiger partial charge is 0.337 e. The first kappa shape index (κ1) is 17.3. The second-order valence-corrected chi connectivity index (χ2v) is 5.55. The van der Waals surface area contributed by atoms with E-state index in [9.17, 15) is 24.5 Å². The zero-order chi connectivity index (χ0) is 18.0. The topological polar surface area (TPSA) is 101 Å². The monoisotopic (exact) mass is 331 g/mol. The highest BCUT2D eigenvalue weighted by molar-refractivity contribution is 6.22. The number of carbonyl (C=O) groups is 3. The predicted octanol–water partition coefficient (Wildman–Crippen LogP) is 1.62. The normalized spacial score (nSPS) is 13.0. The molecule has 0 aliphatic carbocycles. The zero-order valence-corrected chi connectivity index (χ0v) is 13.4. The Kier molecular flexibility index (Phi) is 4.77. The Balaban J connectivity index is 2.23. The van der Waals surface area contributed by atoms with Gasteiger partial charge in [0, 0.05) is 25.2 Å². The standard InChI is InChI=1S/C16H17N3O5/c1-4-17(8-10(2)3)14(20)9-18-15(21)12-6-5-11(19(23)24)7-13(12)16(18)22/h5-7H,2,4,8-9H2,1,3H3. The number of nitrogens with zero attached hydrogens (tertiary/aromatic N) is 3. The van der Waals surface area contributed by atoms with Crippen molar-refractivity contribution < 1.29 is 19.3 Å². The van der Waals surface area contributed by atoms with E-state index in [1.807, 2.05) is 0 Å². The smallest absolute Gasteiger partial charge is 0.270 e. The predicted molar refractivity (Wildman–Crippen MR) is 85.5 cm³/mol. The molecule has 0 saturated heterocycles. The number of carbonyl (C=O) groups excluding carboxylic acids is 3. The van der Waals surface area contributed by atoms with Crippen molar-refractivity contribution >= 4 is 23.4 Å². The van der Waals surface area contributed by atoms with Gasteiger partial charge in [-0.3, -0.25) is 29.4 Å². The highest BCUT2D eigenvalue weighted by atomic mass is 16.6. The Morgan fingerprint density at radius 2 is 1.92 bits per heavy atom. The van der Waals surface area contributed by atoms with E-state index in [4.69, 9.17) is 0 Å². The first-order valence-corrected chi connectivity index (χ1v) is 7.33. The van der Waals surface area contributed by atoms with Crippen LogP contribution in [0.5, 0.6) is 0 Å². The van der Waals surface area contributed by atoms with Gasteiger partial charge in [-0.25, -0.2) is 0 Å². The number of hydrogen-bond donors (Lipinski definition) is 0. The third-order valence-corrected chi connectivity index (χ3v) is 3.65. The molecule has 0 N–H and O–H groups in total. The van der Waals surface area contributed by atoms with Crippen LogP contribution < -0.4 is 0 Å². The minimum Gasteiger partial charge on any atom is -0.337 e. The van der Waals surface area contributed by atoms with Crippen LogP contribution in [0.25, 0.3) is 0 Å². The molecule has 0 atom stereocenters. The summed E-state index contributed by atoms with van der Waals surface area (Å²) >= 11 is 0. The van der Waals surface area contributed by atoms with Crippen LogP contribution in [0.1, 0.15) is 34.6 Å². The molecule has 1 heterocycles. The van der Waals surface area contributed by atoms with Crippen molar-refractivity contribution in [1.82, 2.24) is 9.80 Å². The molecule has 1 aliphatic rings. The number of rotatable bonds is 6. The molecule has 0 unspecified atom stereocenters. The van der Waals surface area contributed by atoms with Crippen LogP contribution in [-0.2, 0) is 4.79 Å². The highest BCUT2D eigenvalue weighted by Gasteiger charge is 2.38. The molecule has 2 rings (SSSR count). The molecule has 8 heteroatoms. The quantitative estimate of drug-likeness (QED) is 0.341. The molecule has 0 bridgehead atoms. The first-order valence-electron chi connectivity index (χ1n) is 7.33. The van der Waals surface area contributed by atoms with E-state index in [0.717, 1.165) is 22.6 Å². The van der Waals surface area contributed by atoms with Crippen LogP contribution in [0.2, 0.25) is 0 Å². The number of non-ortho nitro benzene ring substituents is 1. The van der Waals surface area contributed by atoms with Gasteiger partial charge in [0.25, 0.3) is 17.5 Å². The summed E-state index contributed by atoms with van der Waals surface area (Å²) in [6.45, 7) is 7.65. The summed E-state index contributed by atoms with van der Waals surface area (Å²) in [7, 11) is 0. The van der Waals surface area contributed by atoms with E-state index in [0.29, 0.717) is 13.1 Å². The summed E-state index contributed by atoms with van der Waals surface area (Å²) in [5.74, 6) is -1.70. The molecule has 0 spiro atoms. The highest BCUT2D eigenvalue weighted by Crippen LogP contribution is 2.26. The third-order valence-electron chi connectivity index (χ3n) is 3.65. The maximum atomic E-state index is 12.3. The molecule has 1 aliphatic heterocycles. The lowest BCUT2D eigenvalue weighted by Gasteiger charge is -2.23. The first-order chi connectivity index (χ1) is 11.3. The lowest BCUT2D eigenvalue weighted by atomic mass is 10.1. The van der Waals surface area contributed by atoms with E-state index in [1.54, 1.807) is 13.8 Å². The van der Waals surface area contributed by atoms with Gasteiger partial charge in [0.15, 0.2) is 0 Å². The van der Waals surface area contributed by atoms with Crippen LogP contribution in [0.15, 0.2) is 30.4 Å². The van der Waals surface area contributed by atoms with Crippen LogP contribution in [-0.4, -0.2) is 52.1 Å². The van der Waals surface area contributed by atoms with Gasteiger partial charge in [0.1, 0.15) is 6.54 Å². The van der Waals surface area contributed by atoms with E-state index in [-0.39, 0.29) is 22.7 Å². The lowest BCUT2D eigenvalue weighted by Crippen LogP contribution is -2.43. The second-order valence-electron chi connectivity index (χ2n) is 5.55. The molecule has 0 radical (unpaired) electrons. The summed E-state index contributed by atoms with van der Waals surface area (Å²) < 4.78 is 0. The van der Waals surface area contributed by atoms with Crippen molar-refractivity contribution in [2.24, 2.45) is 0 Å². The van der Waals surface area contributed by atoms with E-state index >= 15 is 0 Å². The van der Waals surface area contributed by atoms with Crippen molar-refractivity contribution in [1.29, 1.82) is 0 Å². The number of imide groups is 1. The van der Waals surface area contributed by atoms with Crippen molar-refractivity contribution in [2.75, 3.05) is 19.6 Å². The second kappa shape index (κ2) is 6.61. The van der Waals surface area contributed by atoms with Gasteiger partial charge in [-0.2, -0.15) is 0 Å². The van der Waals surface area contributed by atoms with Crippen molar-refractivity contribution in [3.63, 3.8) is 0 Å². The summed E-state index contributed by atoms with van der Waals surface area (Å²) in [6, 6.07) is 3.46. The van der Waals surface area contributed by atoms with E-state index in [2.05, 4.69) is 6.58 Å². The molecule has 0 aromatic heterocycles. The third kappa shape index (κ3) is 3.17. The van der Waals surface area contributed by atoms with E-state index in [1.165, 1.54) is 11.0 Å². The Labute approximate surface area is 138 Å². The van der Waals surface area contributed by atoms with Gasteiger partial charge < -0.3 is 4.90 Å². The van der Waals surface area contributed by atoms with Gasteiger partial charge in [0.2, 0.25) is 5.91 Å². The summed E-state index contributed by atoms with van der Waals surface area (Å²) in [6.07, 6.45) is 0. The molecule has 0 saturated carbocycles. The fraction of sp³-hybridized carbons (Fsp3) is 0.312. The molecule has 0 fully saturated rings. The maximum absolute atomic E-state index is 12.3. The van der Waals surface area contributed by atoms with Crippen LogP contribution >= 0.6 is 0 Å². The molecule has 3 amide bonds. The van der Waals surface area contributed by atoms with Crippen LogP contribution in [0, 0.1) is 10.1 Å². The summed E-state index contributed by atoms with van der Waals surface area (Å²) in [5, 5.41) is 10.8. The van der Waals surface area contributed by atoms with Gasteiger partial charge in [0.05, 0.1) is 16.1 Å². The van der Waals surface area contributed by atoms with Crippen molar-refractivity contribution in [2.45, 2.75) is 13.8 Å².